The second-order valence-corrected chi connectivity index (χ2v) is 9.94. The van der Waals surface area contributed by atoms with Crippen LogP contribution in [0.15, 0.2) is 66.7 Å². The van der Waals surface area contributed by atoms with Crippen LogP contribution in [0.25, 0.3) is 22.2 Å². The van der Waals surface area contributed by atoms with Crippen LogP contribution in [0.4, 0.5) is 11.4 Å². The third-order valence-corrected chi connectivity index (χ3v) is 6.91. The third kappa shape index (κ3) is 4.00. The summed E-state index contributed by atoms with van der Waals surface area (Å²) in [6.07, 6.45) is 2.51. The van der Waals surface area contributed by atoms with Gasteiger partial charge < -0.3 is 5.32 Å². The molecule has 0 unspecified atom stereocenters. The van der Waals surface area contributed by atoms with E-state index in [1.807, 2.05) is 12.1 Å². The molecule has 0 spiro atoms. The molecule has 1 aromatic heterocycles. The summed E-state index contributed by atoms with van der Waals surface area (Å²) < 4.78 is 0. The minimum atomic E-state index is 0.234. The molecule has 0 fully saturated rings. The smallest absolute Gasteiger partial charge is 0.163 e. The summed E-state index contributed by atoms with van der Waals surface area (Å²) in [5, 5.41) is 4.85. The number of hydrogen-bond donors (Lipinski definition) is 1. The first-order valence-corrected chi connectivity index (χ1v) is 12.4. The number of Topliss-reactive ketones (excluding diaryl/α,β-unsaturated/α-hetero) is 1. The Hall–Kier alpha value is -3.46. The standard InChI is InChI=1S/C31H32N2O/c1-19(2)23-12-8-13-24(20(3)4)31(23)33-27-15-6-11-22-17-18-26(32-30(22)27)25-14-5-9-21-10-7-16-28(34)29(21)25/h5-6,8-9,11-15,17-20,33H,7,10,16H2,1-4H3. The molecule has 172 valence electrons. The van der Waals surface area contributed by atoms with Gasteiger partial charge in [0.25, 0.3) is 0 Å². The van der Waals surface area contributed by atoms with Gasteiger partial charge in [0, 0.05) is 28.6 Å². The van der Waals surface area contributed by atoms with Crippen LogP contribution in [0.3, 0.4) is 0 Å². The first kappa shape index (κ1) is 22.3. The highest BCUT2D eigenvalue weighted by Gasteiger charge is 2.22. The van der Waals surface area contributed by atoms with E-state index in [0.29, 0.717) is 18.3 Å². The number of anilines is 2. The Morgan fingerprint density at radius 3 is 2.24 bits per heavy atom. The van der Waals surface area contributed by atoms with E-state index in [1.165, 1.54) is 16.8 Å². The molecule has 0 saturated heterocycles. The summed E-state index contributed by atoms with van der Waals surface area (Å²) in [6.45, 7) is 8.94. The molecule has 1 aliphatic carbocycles. The van der Waals surface area contributed by atoms with Gasteiger partial charge in [-0.25, -0.2) is 4.98 Å². The number of carbonyl (C=O) groups excluding carboxylic acids is 1. The van der Waals surface area contributed by atoms with Crippen molar-refractivity contribution in [3.05, 3.63) is 89.0 Å². The van der Waals surface area contributed by atoms with Crippen LogP contribution in [-0.4, -0.2) is 10.8 Å². The molecule has 3 nitrogen and oxygen atoms in total. The van der Waals surface area contributed by atoms with Crippen molar-refractivity contribution >= 4 is 28.1 Å². The Kier molecular flexibility index (Phi) is 5.95. The Bertz CT molecular complexity index is 1360. The molecule has 0 amide bonds. The fourth-order valence-electron chi connectivity index (χ4n) is 5.14. The van der Waals surface area contributed by atoms with Crippen molar-refractivity contribution in [3.8, 4) is 11.3 Å². The molecule has 0 saturated carbocycles. The van der Waals surface area contributed by atoms with Crippen LogP contribution < -0.4 is 5.32 Å². The van der Waals surface area contributed by atoms with Crippen molar-refractivity contribution in [2.24, 2.45) is 0 Å². The Labute approximate surface area is 202 Å². The van der Waals surface area contributed by atoms with Crippen LogP contribution in [0.5, 0.6) is 0 Å². The molecule has 34 heavy (non-hydrogen) atoms. The average molecular weight is 449 g/mol. The lowest BCUT2D eigenvalue weighted by Gasteiger charge is -2.22. The van der Waals surface area contributed by atoms with E-state index >= 15 is 0 Å². The molecule has 0 bridgehead atoms. The summed E-state index contributed by atoms with van der Waals surface area (Å²) in [4.78, 5) is 17.9. The van der Waals surface area contributed by atoms with Crippen molar-refractivity contribution in [1.82, 2.24) is 4.98 Å². The number of carbonyl (C=O) groups is 1. The van der Waals surface area contributed by atoms with Crippen LogP contribution in [0, 0.1) is 0 Å². The van der Waals surface area contributed by atoms with E-state index in [0.717, 1.165) is 51.8 Å². The maximum atomic E-state index is 12.8. The van der Waals surface area contributed by atoms with Crippen molar-refractivity contribution in [2.45, 2.75) is 58.8 Å². The topological polar surface area (TPSA) is 42.0 Å². The minimum absolute atomic E-state index is 0.234. The van der Waals surface area contributed by atoms with Gasteiger partial charge in [-0.15, -0.1) is 0 Å². The number of para-hydroxylation sites is 2. The highest BCUT2D eigenvalue weighted by atomic mass is 16.1. The average Bonchev–Trinajstić information content (AvgIpc) is 2.83. The van der Waals surface area contributed by atoms with Crippen molar-refractivity contribution in [2.75, 3.05) is 5.32 Å². The second-order valence-electron chi connectivity index (χ2n) is 9.94. The van der Waals surface area contributed by atoms with Gasteiger partial charge in [-0.2, -0.15) is 0 Å². The number of nitrogens with one attached hydrogen (secondary N) is 1. The lowest BCUT2D eigenvalue weighted by molar-refractivity contribution is 0.0973. The van der Waals surface area contributed by atoms with E-state index in [1.54, 1.807) is 0 Å². The summed E-state index contributed by atoms with van der Waals surface area (Å²) >= 11 is 0. The second kappa shape index (κ2) is 9.06. The van der Waals surface area contributed by atoms with E-state index in [2.05, 4.69) is 87.6 Å². The fourth-order valence-corrected chi connectivity index (χ4v) is 5.14. The lowest BCUT2D eigenvalue weighted by Crippen LogP contribution is -2.12. The maximum absolute atomic E-state index is 12.8. The van der Waals surface area contributed by atoms with Gasteiger partial charge in [-0.3, -0.25) is 4.79 Å². The van der Waals surface area contributed by atoms with Gasteiger partial charge in [0.2, 0.25) is 0 Å². The number of pyridine rings is 1. The predicted molar refractivity (Wildman–Crippen MR) is 142 cm³/mol. The Morgan fingerprint density at radius 2 is 1.50 bits per heavy atom. The number of hydrogen-bond acceptors (Lipinski definition) is 3. The molecule has 4 aromatic rings. The molecule has 1 aliphatic rings. The summed E-state index contributed by atoms with van der Waals surface area (Å²) in [6, 6.07) is 23.2. The quantitative estimate of drug-likeness (QED) is 0.333. The molecule has 3 heteroatoms. The Balaban J connectivity index is 1.66. The molecule has 3 aromatic carbocycles. The van der Waals surface area contributed by atoms with E-state index in [-0.39, 0.29) is 5.78 Å². The molecule has 0 radical (unpaired) electrons. The highest BCUT2D eigenvalue weighted by molar-refractivity contribution is 6.05. The number of fused-ring (bicyclic) bond motifs is 2. The van der Waals surface area contributed by atoms with Crippen LogP contribution in [0.2, 0.25) is 0 Å². The molecule has 1 N–H and O–H groups in total. The number of nitrogens with zero attached hydrogens (tertiary/aromatic N) is 1. The molecule has 5 rings (SSSR count). The number of benzene rings is 3. The van der Waals surface area contributed by atoms with Crippen LogP contribution in [0.1, 0.15) is 79.4 Å². The van der Waals surface area contributed by atoms with Gasteiger partial charge >= 0.3 is 0 Å². The molecule has 1 heterocycles. The largest absolute Gasteiger partial charge is 0.353 e. The summed E-state index contributed by atoms with van der Waals surface area (Å²) in [7, 11) is 0. The molecular formula is C31H32N2O. The zero-order chi connectivity index (χ0) is 23.8. The first-order chi connectivity index (χ1) is 16.4. The molecular weight excluding hydrogens is 416 g/mol. The number of aromatic nitrogens is 1. The maximum Gasteiger partial charge on any atom is 0.163 e. The number of ketones is 1. The van der Waals surface area contributed by atoms with Crippen LogP contribution >= 0.6 is 0 Å². The minimum Gasteiger partial charge on any atom is -0.353 e. The Morgan fingerprint density at radius 1 is 0.794 bits per heavy atom. The monoisotopic (exact) mass is 448 g/mol. The van der Waals surface area contributed by atoms with Gasteiger partial charge in [0.05, 0.1) is 16.9 Å². The zero-order valence-electron chi connectivity index (χ0n) is 20.5. The van der Waals surface area contributed by atoms with E-state index in [4.69, 9.17) is 4.98 Å². The normalized spacial score (nSPS) is 13.5. The van der Waals surface area contributed by atoms with E-state index < -0.39 is 0 Å². The SMILES string of the molecule is CC(C)c1cccc(C(C)C)c1Nc1cccc2ccc(-c3cccc4c3C(=O)CCC4)nc12. The number of aryl methyl sites for hydroxylation is 1. The first-order valence-electron chi connectivity index (χ1n) is 12.4. The van der Waals surface area contributed by atoms with Gasteiger partial charge in [-0.05, 0) is 53.5 Å². The predicted octanol–water partition coefficient (Wildman–Crippen LogP) is 8.41. The third-order valence-electron chi connectivity index (χ3n) is 6.91. The van der Waals surface area contributed by atoms with Crippen LogP contribution in [-0.2, 0) is 6.42 Å². The highest BCUT2D eigenvalue weighted by Crippen LogP contribution is 2.37. The molecule has 0 atom stereocenters. The van der Waals surface area contributed by atoms with Gasteiger partial charge in [-0.1, -0.05) is 82.3 Å². The summed E-state index contributed by atoms with van der Waals surface area (Å²) in [5.74, 6) is 1.04. The number of rotatable bonds is 5. The lowest BCUT2D eigenvalue weighted by atomic mass is 9.86. The summed E-state index contributed by atoms with van der Waals surface area (Å²) in [5.41, 5.74) is 9.52. The van der Waals surface area contributed by atoms with Crippen molar-refractivity contribution < 1.29 is 4.79 Å². The zero-order valence-corrected chi connectivity index (χ0v) is 20.5. The van der Waals surface area contributed by atoms with Gasteiger partial charge in [0.15, 0.2) is 5.78 Å². The van der Waals surface area contributed by atoms with Crippen molar-refractivity contribution in [3.63, 3.8) is 0 Å². The molecule has 0 aliphatic heterocycles. The van der Waals surface area contributed by atoms with Crippen molar-refractivity contribution in [1.29, 1.82) is 0 Å². The fraction of sp³-hybridized carbons (Fsp3) is 0.290. The van der Waals surface area contributed by atoms with E-state index in [9.17, 15) is 4.79 Å². The van der Waals surface area contributed by atoms with Gasteiger partial charge in [0.1, 0.15) is 0 Å².